The lowest BCUT2D eigenvalue weighted by Gasteiger charge is -2.32. The summed E-state index contributed by atoms with van der Waals surface area (Å²) in [4.78, 5) is 14.3. The number of nitrogens with one attached hydrogen (secondary N) is 1. The van der Waals surface area contributed by atoms with E-state index in [2.05, 4.69) is 11.4 Å². The minimum atomic E-state index is -3.57. The van der Waals surface area contributed by atoms with Crippen LogP contribution in [0.1, 0.15) is 17.5 Å². The second-order valence-electron chi connectivity index (χ2n) is 7.54. The molecule has 0 aliphatic carbocycles. The van der Waals surface area contributed by atoms with Crippen molar-refractivity contribution < 1.29 is 13.2 Å². The Labute approximate surface area is 182 Å². The minimum Gasteiger partial charge on any atom is -0.323 e. The zero-order valence-corrected chi connectivity index (χ0v) is 18.2. The van der Waals surface area contributed by atoms with E-state index in [0.29, 0.717) is 49.9 Å². The molecule has 1 saturated heterocycles. The summed E-state index contributed by atoms with van der Waals surface area (Å²) in [5, 5.41) is 3.38. The summed E-state index contributed by atoms with van der Waals surface area (Å²) in [5.41, 5.74) is 2.89. The van der Waals surface area contributed by atoms with Crippen molar-refractivity contribution in [3.63, 3.8) is 0 Å². The molecule has 0 bridgehead atoms. The van der Waals surface area contributed by atoms with E-state index < -0.39 is 10.2 Å². The summed E-state index contributed by atoms with van der Waals surface area (Å²) in [6.07, 6.45) is 1.31. The van der Waals surface area contributed by atoms with Crippen LogP contribution in [0.15, 0.2) is 48.5 Å². The van der Waals surface area contributed by atoms with Gasteiger partial charge in [0.1, 0.15) is 0 Å². The molecule has 0 unspecified atom stereocenters. The van der Waals surface area contributed by atoms with Gasteiger partial charge in [0.25, 0.3) is 10.2 Å². The lowest BCUT2D eigenvalue weighted by molar-refractivity contribution is 0.214. The number of carbonyl (C=O) groups excluding carboxylic acids is 1. The van der Waals surface area contributed by atoms with E-state index in [4.69, 9.17) is 11.6 Å². The molecule has 4 rings (SSSR count). The molecule has 2 aromatic rings. The van der Waals surface area contributed by atoms with Crippen LogP contribution in [-0.2, 0) is 23.2 Å². The van der Waals surface area contributed by atoms with Gasteiger partial charge in [0, 0.05) is 50.0 Å². The van der Waals surface area contributed by atoms with E-state index in [1.807, 2.05) is 18.2 Å². The molecule has 2 aliphatic rings. The molecule has 0 radical (unpaired) electrons. The Morgan fingerprint density at radius 1 is 0.900 bits per heavy atom. The standard InChI is InChI=1S/C21H25ClN4O3S/c22-19-7-3-8-20(15-19)23-21(27)24-10-4-11-25(14-13-24)30(28,29)26-12-9-17-5-1-2-6-18(17)16-26/h1-3,5-8,15H,4,9-14,16H2,(H,23,27). The van der Waals surface area contributed by atoms with Crippen LogP contribution in [-0.4, -0.2) is 60.7 Å². The van der Waals surface area contributed by atoms with E-state index >= 15 is 0 Å². The summed E-state index contributed by atoms with van der Waals surface area (Å²) in [6, 6.07) is 14.7. The molecule has 7 nitrogen and oxygen atoms in total. The van der Waals surface area contributed by atoms with Crippen LogP contribution in [0.5, 0.6) is 0 Å². The Bertz CT molecular complexity index is 1030. The molecule has 0 aromatic heterocycles. The lowest BCUT2D eigenvalue weighted by Crippen LogP contribution is -2.47. The normalized spacial score (nSPS) is 18.5. The summed E-state index contributed by atoms with van der Waals surface area (Å²) in [7, 11) is -3.57. The van der Waals surface area contributed by atoms with E-state index in [-0.39, 0.29) is 12.6 Å². The fraction of sp³-hybridized carbons (Fsp3) is 0.381. The summed E-state index contributed by atoms with van der Waals surface area (Å²) in [6.45, 7) is 2.41. The Kier molecular flexibility index (Phi) is 6.29. The van der Waals surface area contributed by atoms with Crippen molar-refractivity contribution in [3.8, 4) is 0 Å². The fourth-order valence-electron chi connectivity index (χ4n) is 3.93. The summed E-state index contributed by atoms with van der Waals surface area (Å²) < 4.78 is 29.5. The smallest absolute Gasteiger partial charge is 0.321 e. The highest BCUT2D eigenvalue weighted by atomic mass is 35.5. The van der Waals surface area contributed by atoms with Gasteiger partial charge in [-0.25, -0.2) is 4.79 Å². The molecule has 0 saturated carbocycles. The highest BCUT2D eigenvalue weighted by molar-refractivity contribution is 7.86. The number of hydrogen-bond acceptors (Lipinski definition) is 3. The van der Waals surface area contributed by atoms with Crippen molar-refractivity contribution in [2.24, 2.45) is 0 Å². The molecule has 2 heterocycles. The number of anilines is 1. The second kappa shape index (κ2) is 8.93. The molecule has 2 aliphatic heterocycles. The first kappa shape index (κ1) is 21.1. The molecular weight excluding hydrogens is 424 g/mol. The van der Waals surface area contributed by atoms with Gasteiger partial charge in [0.15, 0.2) is 0 Å². The van der Waals surface area contributed by atoms with Crippen LogP contribution >= 0.6 is 11.6 Å². The molecular formula is C21H25ClN4O3S. The molecule has 0 spiro atoms. The number of rotatable bonds is 3. The largest absolute Gasteiger partial charge is 0.323 e. The molecule has 2 amide bonds. The highest BCUT2D eigenvalue weighted by Gasteiger charge is 2.33. The Morgan fingerprint density at radius 3 is 2.50 bits per heavy atom. The summed E-state index contributed by atoms with van der Waals surface area (Å²) >= 11 is 5.97. The molecule has 0 atom stereocenters. The average Bonchev–Trinajstić information content (AvgIpc) is 3.00. The molecule has 9 heteroatoms. The topological polar surface area (TPSA) is 73.0 Å². The van der Waals surface area contributed by atoms with Gasteiger partial charge in [-0.2, -0.15) is 17.0 Å². The second-order valence-corrected chi connectivity index (χ2v) is 9.91. The van der Waals surface area contributed by atoms with Crippen molar-refractivity contribution in [1.82, 2.24) is 13.5 Å². The first-order chi connectivity index (χ1) is 14.4. The minimum absolute atomic E-state index is 0.247. The summed E-state index contributed by atoms with van der Waals surface area (Å²) in [5.74, 6) is 0. The molecule has 160 valence electrons. The van der Waals surface area contributed by atoms with E-state index in [1.54, 1.807) is 33.5 Å². The Morgan fingerprint density at radius 2 is 1.70 bits per heavy atom. The number of benzene rings is 2. The molecule has 2 aromatic carbocycles. The van der Waals surface area contributed by atoms with E-state index in [9.17, 15) is 13.2 Å². The van der Waals surface area contributed by atoms with Crippen LogP contribution in [0.4, 0.5) is 10.5 Å². The Balaban J connectivity index is 1.39. The van der Waals surface area contributed by atoms with Crippen LogP contribution in [0.2, 0.25) is 5.02 Å². The van der Waals surface area contributed by atoms with Gasteiger partial charge < -0.3 is 10.2 Å². The molecule has 30 heavy (non-hydrogen) atoms. The number of halogens is 1. The van der Waals surface area contributed by atoms with Gasteiger partial charge >= 0.3 is 6.03 Å². The van der Waals surface area contributed by atoms with Crippen molar-refractivity contribution in [2.45, 2.75) is 19.4 Å². The number of fused-ring (bicyclic) bond motifs is 1. The van der Waals surface area contributed by atoms with Crippen LogP contribution < -0.4 is 5.32 Å². The predicted molar refractivity (Wildman–Crippen MR) is 118 cm³/mol. The maximum Gasteiger partial charge on any atom is 0.321 e. The molecule has 1 N–H and O–H groups in total. The zero-order chi connectivity index (χ0) is 21.1. The third-order valence-electron chi connectivity index (χ3n) is 5.57. The van der Waals surface area contributed by atoms with E-state index in [0.717, 1.165) is 12.0 Å². The average molecular weight is 449 g/mol. The van der Waals surface area contributed by atoms with Gasteiger partial charge in [0.05, 0.1) is 0 Å². The fourth-order valence-corrected chi connectivity index (χ4v) is 5.74. The third-order valence-corrected chi connectivity index (χ3v) is 7.78. The number of amides is 2. The van der Waals surface area contributed by atoms with Crippen molar-refractivity contribution in [2.75, 3.05) is 38.0 Å². The number of hydrogen-bond donors (Lipinski definition) is 1. The highest BCUT2D eigenvalue weighted by Crippen LogP contribution is 2.23. The van der Waals surface area contributed by atoms with Crippen molar-refractivity contribution >= 4 is 33.5 Å². The monoisotopic (exact) mass is 448 g/mol. The van der Waals surface area contributed by atoms with E-state index in [1.165, 1.54) is 9.87 Å². The first-order valence-electron chi connectivity index (χ1n) is 10.1. The quantitative estimate of drug-likeness (QED) is 0.783. The van der Waals surface area contributed by atoms with Gasteiger partial charge in [0.2, 0.25) is 0 Å². The van der Waals surface area contributed by atoms with Gasteiger partial charge in [-0.05, 0) is 42.2 Å². The van der Waals surface area contributed by atoms with Crippen molar-refractivity contribution in [1.29, 1.82) is 0 Å². The maximum atomic E-state index is 13.2. The van der Waals surface area contributed by atoms with Crippen LogP contribution in [0, 0.1) is 0 Å². The SMILES string of the molecule is O=C(Nc1cccc(Cl)c1)N1CCCN(S(=O)(=O)N2CCc3ccccc3C2)CC1. The number of nitrogens with zero attached hydrogens (tertiary/aromatic N) is 3. The maximum absolute atomic E-state index is 13.2. The van der Waals surface area contributed by atoms with Gasteiger partial charge in [-0.1, -0.05) is 41.9 Å². The van der Waals surface area contributed by atoms with Crippen molar-refractivity contribution in [3.05, 3.63) is 64.7 Å². The van der Waals surface area contributed by atoms with Gasteiger partial charge in [-0.3, -0.25) is 0 Å². The third kappa shape index (κ3) is 4.62. The van der Waals surface area contributed by atoms with Crippen LogP contribution in [0.25, 0.3) is 0 Å². The number of urea groups is 1. The Hall–Kier alpha value is -2.13. The first-order valence-corrected chi connectivity index (χ1v) is 11.8. The number of carbonyl (C=O) groups is 1. The zero-order valence-electron chi connectivity index (χ0n) is 16.6. The predicted octanol–water partition coefficient (Wildman–Crippen LogP) is 3.18. The van der Waals surface area contributed by atoms with Crippen LogP contribution in [0.3, 0.4) is 0 Å². The molecule has 1 fully saturated rings. The lowest BCUT2D eigenvalue weighted by atomic mass is 10.0. The van der Waals surface area contributed by atoms with Gasteiger partial charge in [-0.15, -0.1) is 0 Å².